The van der Waals surface area contributed by atoms with E-state index in [9.17, 15) is 4.79 Å². The Bertz CT molecular complexity index is 391. The third-order valence-corrected chi connectivity index (χ3v) is 8.62. The topological polar surface area (TPSA) is 26.3 Å². The third-order valence-electron chi connectivity index (χ3n) is 5.46. The van der Waals surface area contributed by atoms with E-state index in [2.05, 4.69) is 34.9 Å². The molecule has 0 N–H and O–H groups in total. The molecule has 0 atom stereocenters. The van der Waals surface area contributed by atoms with Crippen molar-refractivity contribution in [1.29, 1.82) is 0 Å². The van der Waals surface area contributed by atoms with Gasteiger partial charge in [0.1, 0.15) is 5.57 Å². The highest BCUT2D eigenvalue weighted by Crippen LogP contribution is 2.22. The standard InChI is InChI=1S/C25H49IO2Si/c1-4-22-25(27)28-23-20-18-16-14-12-10-8-6-5-7-9-11-13-15-17-19-21-24-29(2,3)26/h4,22H,5-21,23-24H2,1-3H3. The number of hydrogen-bond acceptors (Lipinski definition) is 2. The molecule has 0 spiro atoms. The summed E-state index contributed by atoms with van der Waals surface area (Å²) in [5, 5.41) is 0. The van der Waals surface area contributed by atoms with Gasteiger partial charge in [-0.3, -0.25) is 0 Å². The molecule has 0 aliphatic rings. The van der Waals surface area contributed by atoms with Gasteiger partial charge in [0.05, 0.1) is 6.61 Å². The summed E-state index contributed by atoms with van der Waals surface area (Å²) in [6.45, 7) is 7.36. The monoisotopic (exact) mass is 536 g/mol. The minimum absolute atomic E-state index is 0.208. The number of ether oxygens (including phenoxy) is 1. The van der Waals surface area contributed by atoms with Crippen LogP contribution in [0.1, 0.15) is 116 Å². The Morgan fingerprint density at radius 3 is 1.38 bits per heavy atom. The number of rotatable bonds is 21. The number of carbonyl (C=O) groups excluding carboxylic acids is 1. The van der Waals surface area contributed by atoms with Crippen molar-refractivity contribution in [3.63, 3.8) is 0 Å². The number of carbonyl (C=O) groups is 1. The lowest BCUT2D eigenvalue weighted by Crippen LogP contribution is -2.13. The first-order valence-electron chi connectivity index (χ1n) is 12.4. The highest BCUT2D eigenvalue weighted by molar-refractivity contribution is 14.1. The molecule has 0 heterocycles. The van der Waals surface area contributed by atoms with Gasteiger partial charge >= 0.3 is 5.97 Å². The van der Waals surface area contributed by atoms with Crippen LogP contribution in [0.4, 0.5) is 0 Å². The van der Waals surface area contributed by atoms with Gasteiger partial charge in [0, 0.05) is 6.08 Å². The van der Waals surface area contributed by atoms with Gasteiger partial charge in [0.2, 0.25) is 0 Å². The first-order valence-corrected chi connectivity index (χ1v) is 18.8. The van der Waals surface area contributed by atoms with Crippen LogP contribution in [0.25, 0.3) is 0 Å². The van der Waals surface area contributed by atoms with Crippen LogP contribution in [0.3, 0.4) is 0 Å². The maximum atomic E-state index is 11.1. The minimum atomic E-state index is -0.822. The summed E-state index contributed by atoms with van der Waals surface area (Å²) in [6.07, 6.45) is 26.7. The first kappa shape index (κ1) is 29.2. The number of hydrogen-bond donors (Lipinski definition) is 0. The summed E-state index contributed by atoms with van der Waals surface area (Å²) in [4.78, 5) is 11.1. The van der Waals surface area contributed by atoms with Gasteiger partial charge in [-0.2, -0.15) is 0 Å². The Morgan fingerprint density at radius 2 is 1.03 bits per heavy atom. The summed E-state index contributed by atoms with van der Waals surface area (Å²) in [5.74, 6) is -0.208. The molecular formula is C25H49IO2Si. The lowest BCUT2D eigenvalue weighted by Gasteiger charge is -2.12. The van der Waals surface area contributed by atoms with Crippen LogP contribution in [0, 0.1) is 0 Å². The molecule has 29 heavy (non-hydrogen) atoms. The molecule has 0 rings (SSSR count). The molecule has 0 aromatic heterocycles. The fraction of sp³-hybridized carbons (Fsp3) is 0.880. The molecule has 4 heteroatoms. The van der Waals surface area contributed by atoms with E-state index in [4.69, 9.17) is 4.74 Å². The van der Waals surface area contributed by atoms with Gasteiger partial charge in [0.15, 0.2) is 0 Å². The third kappa shape index (κ3) is 26.1. The van der Waals surface area contributed by atoms with Crippen LogP contribution in [0.2, 0.25) is 19.1 Å². The van der Waals surface area contributed by atoms with Crippen molar-refractivity contribution in [3.8, 4) is 0 Å². The zero-order chi connectivity index (χ0) is 21.6. The van der Waals surface area contributed by atoms with Crippen molar-refractivity contribution >= 4 is 33.3 Å². The highest BCUT2D eigenvalue weighted by atomic mass is 127. The summed E-state index contributed by atoms with van der Waals surface area (Å²) < 4.78 is 5.10. The first-order chi connectivity index (χ1) is 14.0. The molecule has 0 amide bonds. The zero-order valence-corrected chi connectivity index (χ0v) is 22.9. The van der Waals surface area contributed by atoms with Crippen molar-refractivity contribution in [2.75, 3.05) is 6.61 Å². The number of esters is 1. The van der Waals surface area contributed by atoms with E-state index in [1.165, 1.54) is 115 Å². The van der Waals surface area contributed by atoms with E-state index in [1.54, 1.807) is 6.08 Å². The van der Waals surface area contributed by atoms with E-state index in [1.807, 2.05) is 6.92 Å². The minimum Gasteiger partial charge on any atom is -0.463 e. The van der Waals surface area contributed by atoms with Gasteiger partial charge in [0.25, 0.3) is 0 Å². The van der Waals surface area contributed by atoms with Crippen LogP contribution < -0.4 is 0 Å². The second-order valence-electron chi connectivity index (χ2n) is 9.15. The molecule has 0 aliphatic carbocycles. The Hall–Kier alpha value is 0.157. The van der Waals surface area contributed by atoms with Gasteiger partial charge in [-0.25, -0.2) is 4.79 Å². The number of unbranched alkanes of at least 4 members (excludes halogenated alkanes) is 16. The van der Waals surface area contributed by atoms with Gasteiger partial charge in [-0.1, -0.05) is 122 Å². The maximum Gasteiger partial charge on any atom is 0.330 e. The van der Waals surface area contributed by atoms with Crippen LogP contribution in [0.5, 0.6) is 0 Å². The summed E-state index contributed by atoms with van der Waals surface area (Å²) >= 11 is 2.71. The SMILES string of the molecule is CC=CC(=O)OCCCCCCCCCCCCCCCCCCC[Si](C)(C)I. The second-order valence-corrected chi connectivity index (χ2v) is 21.8. The number of halogens is 1. The maximum absolute atomic E-state index is 11.1. The molecule has 0 bridgehead atoms. The van der Waals surface area contributed by atoms with E-state index in [0.29, 0.717) is 6.61 Å². The molecule has 0 aromatic rings. The lowest BCUT2D eigenvalue weighted by molar-refractivity contribution is -0.137. The molecule has 0 aliphatic heterocycles. The average molecular weight is 537 g/mol. The van der Waals surface area contributed by atoms with E-state index < -0.39 is 5.57 Å². The quantitative estimate of drug-likeness (QED) is 0.0365. The van der Waals surface area contributed by atoms with Crippen LogP contribution in [0.15, 0.2) is 12.2 Å². The van der Waals surface area contributed by atoms with Gasteiger partial charge in [-0.05, 0) is 19.4 Å². The molecule has 0 saturated carbocycles. The van der Waals surface area contributed by atoms with Crippen LogP contribution in [-0.4, -0.2) is 18.1 Å². The van der Waals surface area contributed by atoms with Gasteiger partial charge < -0.3 is 4.74 Å². The van der Waals surface area contributed by atoms with Crippen molar-refractivity contribution < 1.29 is 9.53 Å². The molecule has 2 nitrogen and oxygen atoms in total. The molecule has 0 unspecified atom stereocenters. The molecular weight excluding hydrogens is 487 g/mol. The van der Waals surface area contributed by atoms with Crippen molar-refractivity contribution in [3.05, 3.63) is 12.2 Å². The molecule has 0 aromatic carbocycles. The predicted octanol–water partition coefficient (Wildman–Crippen LogP) is 9.38. The predicted molar refractivity (Wildman–Crippen MR) is 141 cm³/mol. The van der Waals surface area contributed by atoms with Crippen molar-refractivity contribution in [1.82, 2.24) is 0 Å². The highest BCUT2D eigenvalue weighted by Gasteiger charge is 2.14. The lowest BCUT2D eigenvalue weighted by atomic mass is 10.0. The normalized spacial score (nSPS) is 12.0. The Labute approximate surface area is 196 Å². The fourth-order valence-corrected chi connectivity index (χ4v) is 5.89. The Kier molecular flexibility index (Phi) is 21.5. The van der Waals surface area contributed by atoms with Crippen molar-refractivity contribution in [2.45, 2.75) is 135 Å². The Balaban J connectivity index is 3.09. The average Bonchev–Trinajstić information content (AvgIpc) is 2.65. The van der Waals surface area contributed by atoms with E-state index >= 15 is 0 Å². The summed E-state index contributed by atoms with van der Waals surface area (Å²) in [6, 6.07) is 1.50. The molecule has 172 valence electrons. The summed E-state index contributed by atoms with van der Waals surface area (Å²) in [7, 11) is 0. The number of allylic oxidation sites excluding steroid dienone is 1. The molecule has 0 fully saturated rings. The summed E-state index contributed by atoms with van der Waals surface area (Å²) in [5.41, 5.74) is -0.822. The van der Waals surface area contributed by atoms with E-state index in [-0.39, 0.29) is 5.97 Å². The van der Waals surface area contributed by atoms with Crippen LogP contribution in [-0.2, 0) is 9.53 Å². The largest absolute Gasteiger partial charge is 0.463 e. The van der Waals surface area contributed by atoms with Gasteiger partial charge in [-0.15, -0.1) is 21.8 Å². The van der Waals surface area contributed by atoms with Crippen molar-refractivity contribution in [2.24, 2.45) is 0 Å². The second kappa shape index (κ2) is 21.4. The zero-order valence-electron chi connectivity index (χ0n) is 19.8. The fourth-order valence-electron chi connectivity index (χ4n) is 3.66. The molecule has 0 saturated heterocycles. The smallest absolute Gasteiger partial charge is 0.330 e. The Morgan fingerprint density at radius 1 is 0.690 bits per heavy atom. The van der Waals surface area contributed by atoms with Crippen LogP contribution >= 0.6 is 21.8 Å². The molecule has 0 radical (unpaired) electrons. The van der Waals surface area contributed by atoms with E-state index in [0.717, 1.165) is 6.42 Å².